The molecule has 4 heteroatoms. The predicted molar refractivity (Wildman–Crippen MR) is 69.8 cm³/mol. The summed E-state index contributed by atoms with van der Waals surface area (Å²) in [5.74, 6) is 1.17. The molecule has 16 heavy (non-hydrogen) atoms. The van der Waals surface area contributed by atoms with Crippen molar-refractivity contribution in [1.29, 1.82) is 0 Å². The van der Waals surface area contributed by atoms with Gasteiger partial charge in [-0.3, -0.25) is 4.68 Å². The van der Waals surface area contributed by atoms with Gasteiger partial charge < -0.3 is 5.32 Å². The van der Waals surface area contributed by atoms with Crippen molar-refractivity contribution in [3.63, 3.8) is 0 Å². The average molecular weight is 239 g/mol. The zero-order chi connectivity index (χ0) is 11.2. The number of hydrogen-bond donors (Lipinski definition) is 1. The molecule has 0 amide bonds. The molecular formula is C12H21N3S. The highest BCUT2D eigenvalue weighted by atomic mass is 32.2. The second-order valence-corrected chi connectivity index (χ2v) is 5.38. The summed E-state index contributed by atoms with van der Waals surface area (Å²) in [6, 6.07) is 2.81. The Bertz CT molecular complexity index is 305. The molecule has 1 aromatic rings. The lowest BCUT2D eigenvalue weighted by molar-refractivity contribution is 0.461. The summed E-state index contributed by atoms with van der Waals surface area (Å²) in [5, 5.41) is 8.05. The quantitative estimate of drug-likeness (QED) is 0.773. The molecule has 1 aromatic heterocycles. The van der Waals surface area contributed by atoms with Gasteiger partial charge in [0.05, 0.1) is 11.7 Å². The SMILES string of the molecule is CSCCNCc1ccn(C2CCCC2)n1. The van der Waals surface area contributed by atoms with Gasteiger partial charge in [0.25, 0.3) is 0 Å². The third-order valence-corrected chi connectivity index (χ3v) is 3.76. The lowest BCUT2D eigenvalue weighted by Crippen LogP contribution is -2.17. The van der Waals surface area contributed by atoms with E-state index in [1.54, 1.807) is 0 Å². The molecule has 0 radical (unpaired) electrons. The lowest BCUT2D eigenvalue weighted by Gasteiger charge is -2.08. The van der Waals surface area contributed by atoms with Crippen LogP contribution in [0.4, 0.5) is 0 Å². The molecule has 1 N–H and O–H groups in total. The summed E-state index contributed by atoms with van der Waals surface area (Å²) in [5.41, 5.74) is 1.17. The number of nitrogens with zero attached hydrogens (tertiary/aromatic N) is 2. The van der Waals surface area contributed by atoms with Crippen molar-refractivity contribution >= 4 is 11.8 Å². The van der Waals surface area contributed by atoms with Crippen molar-refractivity contribution in [3.8, 4) is 0 Å². The maximum Gasteiger partial charge on any atom is 0.0762 e. The smallest absolute Gasteiger partial charge is 0.0762 e. The van der Waals surface area contributed by atoms with E-state index in [9.17, 15) is 0 Å². The van der Waals surface area contributed by atoms with E-state index >= 15 is 0 Å². The van der Waals surface area contributed by atoms with E-state index in [0.29, 0.717) is 6.04 Å². The molecule has 1 fully saturated rings. The number of rotatable bonds is 6. The second kappa shape index (κ2) is 6.30. The Balaban J connectivity index is 1.77. The van der Waals surface area contributed by atoms with Crippen molar-refractivity contribution in [2.24, 2.45) is 0 Å². The summed E-state index contributed by atoms with van der Waals surface area (Å²) < 4.78 is 2.17. The minimum absolute atomic E-state index is 0.667. The van der Waals surface area contributed by atoms with Gasteiger partial charge in [-0.2, -0.15) is 16.9 Å². The Labute approximate surface area is 102 Å². The Kier molecular flexibility index (Phi) is 4.72. The number of hydrogen-bond acceptors (Lipinski definition) is 3. The molecular weight excluding hydrogens is 218 g/mol. The Morgan fingerprint density at radius 2 is 2.31 bits per heavy atom. The van der Waals surface area contributed by atoms with Crippen molar-refractivity contribution in [1.82, 2.24) is 15.1 Å². The molecule has 0 unspecified atom stereocenters. The number of aromatic nitrogens is 2. The van der Waals surface area contributed by atoms with Crippen LogP contribution in [0.1, 0.15) is 37.4 Å². The Morgan fingerprint density at radius 3 is 3.06 bits per heavy atom. The molecule has 3 nitrogen and oxygen atoms in total. The minimum atomic E-state index is 0.667. The van der Waals surface area contributed by atoms with Gasteiger partial charge in [0.2, 0.25) is 0 Å². The van der Waals surface area contributed by atoms with Gasteiger partial charge >= 0.3 is 0 Å². The molecule has 0 saturated heterocycles. The van der Waals surface area contributed by atoms with Crippen LogP contribution in [0, 0.1) is 0 Å². The van der Waals surface area contributed by atoms with Gasteiger partial charge in [-0.05, 0) is 25.2 Å². The summed E-state index contributed by atoms with van der Waals surface area (Å²) in [4.78, 5) is 0. The molecule has 90 valence electrons. The van der Waals surface area contributed by atoms with Crippen LogP contribution in [0.25, 0.3) is 0 Å². The fraction of sp³-hybridized carbons (Fsp3) is 0.750. The Morgan fingerprint density at radius 1 is 1.50 bits per heavy atom. The number of thioether (sulfide) groups is 1. The van der Waals surface area contributed by atoms with E-state index in [1.807, 2.05) is 11.8 Å². The van der Waals surface area contributed by atoms with E-state index in [4.69, 9.17) is 0 Å². The fourth-order valence-electron chi connectivity index (χ4n) is 2.23. The molecule has 1 saturated carbocycles. The highest BCUT2D eigenvalue weighted by molar-refractivity contribution is 7.98. The normalized spacial score (nSPS) is 17.1. The van der Waals surface area contributed by atoms with E-state index < -0.39 is 0 Å². The first-order chi connectivity index (χ1) is 7.90. The van der Waals surface area contributed by atoms with Crippen molar-refractivity contribution < 1.29 is 0 Å². The summed E-state index contributed by atoms with van der Waals surface area (Å²) in [7, 11) is 0. The van der Waals surface area contributed by atoms with Crippen LogP contribution in [0.5, 0.6) is 0 Å². The monoisotopic (exact) mass is 239 g/mol. The predicted octanol–water partition coefficient (Wildman–Crippen LogP) is 2.45. The first-order valence-corrected chi connectivity index (χ1v) is 7.53. The maximum atomic E-state index is 4.64. The van der Waals surface area contributed by atoms with Crippen LogP contribution in [0.3, 0.4) is 0 Å². The van der Waals surface area contributed by atoms with E-state index in [1.165, 1.54) is 37.1 Å². The highest BCUT2D eigenvalue weighted by Crippen LogP contribution is 2.28. The zero-order valence-electron chi connectivity index (χ0n) is 9.98. The van der Waals surface area contributed by atoms with Crippen LogP contribution in [0.15, 0.2) is 12.3 Å². The third kappa shape index (κ3) is 3.25. The zero-order valence-corrected chi connectivity index (χ0v) is 10.8. The molecule has 1 aliphatic carbocycles. The summed E-state index contributed by atoms with van der Waals surface area (Å²) in [6.45, 7) is 1.97. The van der Waals surface area contributed by atoms with Crippen LogP contribution in [-0.2, 0) is 6.54 Å². The fourth-order valence-corrected chi connectivity index (χ4v) is 2.58. The van der Waals surface area contributed by atoms with Gasteiger partial charge in [-0.15, -0.1) is 0 Å². The van der Waals surface area contributed by atoms with E-state index in [-0.39, 0.29) is 0 Å². The average Bonchev–Trinajstić information content (AvgIpc) is 2.94. The van der Waals surface area contributed by atoms with Gasteiger partial charge in [0, 0.05) is 25.0 Å². The van der Waals surface area contributed by atoms with Crippen LogP contribution >= 0.6 is 11.8 Å². The standard InChI is InChI=1S/C12H21N3S/c1-16-9-7-13-10-11-6-8-15(14-11)12-4-2-3-5-12/h6,8,12-13H,2-5,7,9-10H2,1H3. The van der Waals surface area contributed by atoms with Crippen molar-refractivity contribution in [3.05, 3.63) is 18.0 Å². The summed E-state index contributed by atoms with van der Waals surface area (Å²) in [6.07, 6.45) is 9.62. The van der Waals surface area contributed by atoms with E-state index in [2.05, 4.69) is 33.6 Å². The molecule has 1 aliphatic rings. The number of nitrogens with one attached hydrogen (secondary N) is 1. The second-order valence-electron chi connectivity index (χ2n) is 4.39. The minimum Gasteiger partial charge on any atom is -0.310 e. The van der Waals surface area contributed by atoms with Crippen LogP contribution in [0.2, 0.25) is 0 Å². The summed E-state index contributed by atoms with van der Waals surface area (Å²) >= 11 is 1.87. The van der Waals surface area contributed by atoms with Crippen LogP contribution < -0.4 is 5.32 Å². The van der Waals surface area contributed by atoms with Crippen molar-refractivity contribution in [2.45, 2.75) is 38.3 Å². The molecule has 0 bridgehead atoms. The third-order valence-electron chi connectivity index (χ3n) is 3.15. The molecule has 0 aromatic carbocycles. The topological polar surface area (TPSA) is 29.9 Å². The van der Waals surface area contributed by atoms with Gasteiger partial charge in [-0.1, -0.05) is 12.8 Å². The first kappa shape index (κ1) is 12.0. The molecule has 1 heterocycles. The van der Waals surface area contributed by atoms with Gasteiger partial charge in [-0.25, -0.2) is 0 Å². The first-order valence-electron chi connectivity index (χ1n) is 6.14. The Hall–Kier alpha value is -0.480. The molecule has 0 spiro atoms. The van der Waals surface area contributed by atoms with Gasteiger partial charge in [0.1, 0.15) is 0 Å². The maximum absolute atomic E-state index is 4.64. The van der Waals surface area contributed by atoms with E-state index in [0.717, 1.165) is 13.1 Å². The molecule has 2 rings (SSSR count). The lowest BCUT2D eigenvalue weighted by atomic mass is 10.3. The van der Waals surface area contributed by atoms with Gasteiger partial charge in [0.15, 0.2) is 0 Å². The van der Waals surface area contributed by atoms with Crippen LogP contribution in [-0.4, -0.2) is 28.3 Å². The largest absolute Gasteiger partial charge is 0.310 e. The molecule has 0 atom stereocenters. The highest BCUT2D eigenvalue weighted by Gasteiger charge is 2.17. The van der Waals surface area contributed by atoms with Crippen molar-refractivity contribution in [2.75, 3.05) is 18.6 Å². The molecule has 0 aliphatic heterocycles.